The van der Waals surface area contributed by atoms with E-state index in [2.05, 4.69) is 0 Å². The van der Waals surface area contributed by atoms with Gasteiger partial charge in [-0.05, 0) is 0 Å². The number of amides is 2. The van der Waals surface area contributed by atoms with Crippen molar-refractivity contribution in [3.63, 3.8) is 0 Å². The predicted molar refractivity (Wildman–Crippen MR) is 42.5 cm³/mol. The quantitative estimate of drug-likeness (QED) is 0.502. The van der Waals surface area contributed by atoms with E-state index >= 15 is 0 Å². The summed E-state index contributed by atoms with van der Waals surface area (Å²) in [5, 5.41) is 0. The number of hydrogen-bond acceptors (Lipinski definition) is 3. The zero-order valence-electron chi connectivity index (χ0n) is 7.18. The summed E-state index contributed by atoms with van der Waals surface area (Å²) in [6.07, 6.45) is 0. The molecule has 1 heterocycles. The van der Waals surface area contributed by atoms with Crippen LogP contribution in [0.15, 0.2) is 0 Å². The Morgan fingerprint density at radius 1 is 1.25 bits per heavy atom. The lowest BCUT2D eigenvalue weighted by Gasteiger charge is -2.35. The lowest BCUT2D eigenvalue weighted by atomic mass is 10.7. The second-order valence-corrected chi connectivity index (χ2v) is 4.76. The molecule has 0 aromatic heterocycles. The van der Waals surface area contributed by atoms with Gasteiger partial charge in [-0.3, -0.25) is 0 Å². The fraction of sp³-hybridized carbons (Fsp3) is 0.800. The molecule has 1 aliphatic heterocycles. The molecule has 12 heavy (non-hydrogen) atoms. The van der Waals surface area contributed by atoms with Crippen LogP contribution >= 0.6 is 0 Å². The van der Waals surface area contributed by atoms with Crippen molar-refractivity contribution in [3.05, 3.63) is 0 Å². The first-order chi connectivity index (χ1) is 5.37. The Balaban J connectivity index is 3.04. The molecule has 70 valence electrons. The summed E-state index contributed by atoms with van der Waals surface area (Å²) in [5.74, 6) is 0. The molecule has 0 aliphatic carbocycles. The van der Waals surface area contributed by atoms with Gasteiger partial charge in [-0.15, -0.1) is 0 Å². The number of carbonyl (C=O) groups is 1. The van der Waals surface area contributed by atoms with Crippen LogP contribution in [-0.4, -0.2) is 55.8 Å². The summed E-state index contributed by atoms with van der Waals surface area (Å²) in [5.41, 5.74) is 0. The summed E-state index contributed by atoms with van der Waals surface area (Å²) in [4.78, 5) is 12.5. The summed E-state index contributed by atoms with van der Waals surface area (Å²) >= 11 is 0. The van der Waals surface area contributed by atoms with Crippen LogP contribution in [0.2, 0.25) is 0 Å². The van der Waals surface area contributed by atoms with E-state index < -0.39 is 16.2 Å². The third-order valence-electron chi connectivity index (χ3n) is 1.75. The van der Waals surface area contributed by atoms with Gasteiger partial charge in [-0.25, -0.2) is 9.10 Å². The van der Waals surface area contributed by atoms with E-state index in [9.17, 15) is 13.2 Å². The van der Waals surface area contributed by atoms with Gasteiger partial charge < -0.3 is 4.90 Å². The molecule has 1 fully saturated rings. The van der Waals surface area contributed by atoms with Gasteiger partial charge in [0.25, 0.3) is 0 Å². The average Bonchev–Trinajstić information content (AvgIpc) is 1.99. The van der Waals surface area contributed by atoms with Gasteiger partial charge >= 0.3 is 16.2 Å². The second-order valence-electron chi connectivity index (χ2n) is 2.70. The lowest BCUT2D eigenvalue weighted by Crippen LogP contribution is -2.56. The number of hydrogen-bond donors (Lipinski definition) is 0. The molecule has 6 nitrogen and oxygen atoms in total. The van der Waals surface area contributed by atoms with Crippen molar-refractivity contribution in [3.8, 4) is 0 Å². The van der Waals surface area contributed by atoms with Crippen LogP contribution in [0.1, 0.15) is 0 Å². The maximum absolute atomic E-state index is 11.3. The van der Waals surface area contributed by atoms with E-state index in [0.717, 1.165) is 8.61 Å². The Bertz CT molecular complexity index is 299. The molecule has 0 radical (unpaired) electrons. The van der Waals surface area contributed by atoms with Gasteiger partial charge in [-0.1, -0.05) is 0 Å². The van der Waals surface area contributed by atoms with Gasteiger partial charge in [0.05, 0.1) is 6.67 Å². The minimum atomic E-state index is -3.55. The highest BCUT2D eigenvalue weighted by Crippen LogP contribution is 2.12. The molecule has 0 aromatic rings. The van der Waals surface area contributed by atoms with Gasteiger partial charge in [-0.2, -0.15) is 12.7 Å². The van der Waals surface area contributed by atoms with Crippen LogP contribution in [0.4, 0.5) is 4.79 Å². The highest BCUT2D eigenvalue weighted by molar-refractivity contribution is 7.87. The molecule has 2 amide bonds. The van der Waals surface area contributed by atoms with E-state index in [1.54, 1.807) is 7.05 Å². The molecule has 0 saturated carbocycles. The smallest absolute Gasteiger partial charge is 0.313 e. The molecule has 0 bridgehead atoms. The molecule has 1 rings (SSSR count). The predicted octanol–water partition coefficient (Wildman–Crippen LogP) is -0.882. The Kier molecular flexibility index (Phi) is 2.01. The highest BCUT2D eigenvalue weighted by Gasteiger charge is 2.36. The van der Waals surface area contributed by atoms with Crippen LogP contribution in [0.3, 0.4) is 0 Å². The Morgan fingerprint density at radius 2 is 1.75 bits per heavy atom. The standard InChI is InChI=1S/C5H11N3O3S/c1-6-4-7(2)12(10,11)8(3)5(6)9/h4H2,1-3H3. The van der Waals surface area contributed by atoms with Crippen molar-refractivity contribution in [2.45, 2.75) is 0 Å². The van der Waals surface area contributed by atoms with E-state index in [4.69, 9.17) is 0 Å². The first kappa shape index (κ1) is 9.27. The molecular weight excluding hydrogens is 182 g/mol. The molecule has 0 unspecified atom stereocenters. The third kappa shape index (κ3) is 1.14. The summed E-state index contributed by atoms with van der Waals surface area (Å²) < 4.78 is 24.4. The van der Waals surface area contributed by atoms with Gasteiger partial charge in [0.1, 0.15) is 0 Å². The topological polar surface area (TPSA) is 60.9 Å². The van der Waals surface area contributed by atoms with Gasteiger partial charge in [0, 0.05) is 21.1 Å². The molecular formula is C5H11N3O3S. The van der Waals surface area contributed by atoms with E-state index in [0.29, 0.717) is 0 Å². The maximum Gasteiger partial charge on any atom is 0.335 e. The minimum Gasteiger partial charge on any atom is -0.313 e. The van der Waals surface area contributed by atoms with Crippen LogP contribution in [0, 0.1) is 0 Å². The Morgan fingerprint density at radius 3 is 2.25 bits per heavy atom. The second kappa shape index (κ2) is 2.60. The van der Waals surface area contributed by atoms with E-state index in [1.807, 2.05) is 0 Å². The monoisotopic (exact) mass is 193 g/mol. The number of rotatable bonds is 0. The first-order valence-electron chi connectivity index (χ1n) is 3.32. The third-order valence-corrected chi connectivity index (χ3v) is 3.50. The SMILES string of the molecule is CN1CN(C)S(=O)(=O)N(C)C1=O. The van der Waals surface area contributed by atoms with Crippen molar-refractivity contribution < 1.29 is 13.2 Å². The van der Waals surface area contributed by atoms with Gasteiger partial charge in [0.2, 0.25) is 0 Å². The molecule has 0 spiro atoms. The van der Waals surface area contributed by atoms with Crippen LogP contribution in [0.5, 0.6) is 0 Å². The number of carbonyl (C=O) groups excluding carboxylic acids is 1. The Labute approximate surface area is 71.5 Å². The molecule has 1 aliphatic rings. The fourth-order valence-electron chi connectivity index (χ4n) is 0.980. The lowest BCUT2D eigenvalue weighted by molar-refractivity contribution is 0.163. The van der Waals surface area contributed by atoms with E-state index in [-0.39, 0.29) is 6.67 Å². The van der Waals surface area contributed by atoms with Crippen LogP contribution in [0.25, 0.3) is 0 Å². The summed E-state index contributed by atoms with van der Waals surface area (Å²) in [7, 11) is 0.664. The molecule has 0 atom stereocenters. The zero-order chi connectivity index (χ0) is 9.52. The van der Waals surface area contributed by atoms with Crippen LogP contribution < -0.4 is 0 Å². The molecule has 0 N–H and O–H groups in total. The van der Waals surface area contributed by atoms with Crippen molar-refractivity contribution in [2.24, 2.45) is 0 Å². The molecule has 7 heteroatoms. The highest BCUT2D eigenvalue weighted by atomic mass is 32.2. The van der Waals surface area contributed by atoms with Crippen molar-refractivity contribution in [1.29, 1.82) is 0 Å². The van der Waals surface area contributed by atoms with Gasteiger partial charge in [0.15, 0.2) is 0 Å². The Hall–Kier alpha value is -0.820. The molecule has 0 aromatic carbocycles. The number of urea groups is 1. The van der Waals surface area contributed by atoms with Crippen molar-refractivity contribution >= 4 is 16.2 Å². The maximum atomic E-state index is 11.3. The first-order valence-corrected chi connectivity index (χ1v) is 4.72. The number of nitrogens with zero attached hydrogens (tertiary/aromatic N) is 3. The fourth-order valence-corrected chi connectivity index (χ4v) is 2.05. The van der Waals surface area contributed by atoms with Crippen molar-refractivity contribution in [2.75, 3.05) is 27.8 Å². The zero-order valence-corrected chi connectivity index (χ0v) is 8.00. The minimum absolute atomic E-state index is 0.103. The summed E-state index contributed by atoms with van der Waals surface area (Å²) in [6.45, 7) is 0.103. The average molecular weight is 193 g/mol. The summed E-state index contributed by atoms with van der Waals surface area (Å²) in [6, 6.07) is -0.506. The molecule has 1 saturated heterocycles. The van der Waals surface area contributed by atoms with E-state index in [1.165, 1.54) is 19.0 Å². The normalized spacial score (nSPS) is 24.8. The largest absolute Gasteiger partial charge is 0.335 e. The van der Waals surface area contributed by atoms with Crippen LogP contribution in [-0.2, 0) is 10.2 Å². The van der Waals surface area contributed by atoms with Crippen molar-refractivity contribution in [1.82, 2.24) is 13.5 Å².